The zero-order chi connectivity index (χ0) is 14.5. The van der Waals surface area contributed by atoms with Gasteiger partial charge in [0.15, 0.2) is 5.17 Å². The quantitative estimate of drug-likeness (QED) is 0.669. The molecule has 5 nitrogen and oxygen atoms in total. The van der Waals surface area contributed by atoms with Gasteiger partial charge in [0.1, 0.15) is 0 Å². The fourth-order valence-corrected chi connectivity index (χ4v) is 2.35. The Hall–Kier alpha value is -1.50. The lowest BCUT2D eigenvalue weighted by atomic mass is 10.1. The van der Waals surface area contributed by atoms with E-state index in [1.165, 1.54) is 11.8 Å². The molecule has 0 amide bonds. The molecule has 0 radical (unpaired) electrons. The monoisotopic (exact) mass is 325 g/mol. The van der Waals surface area contributed by atoms with Crippen LogP contribution in [0.25, 0.3) is 5.69 Å². The van der Waals surface area contributed by atoms with Gasteiger partial charge in [0.25, 0.3) is 0 Å². The van der Waals surface area contributed by atoms with Crippen LogP contribution in [-0.2, 0) is 6.54 Å². The molecular weight excluding hydrogens is 306 g/mol. The van der Waals surface area contributed by atoms with E-state index in [-0.39, 0.29) is 12.4 Å². The molecule has 21 heavy (non-hydrogen) atoms. The fourth-order valence-electron chi connectivity index (χ4n) is 1.88. The van der Waals surface area contributed by atoms with Gasteiger partial charge >= 0.3 is 0 Å². The number of hydrogen-bond acceptors (Lipinski definition) is 4. The van der Waals surface area contributed by atoms with Crippen molar-refractivity contribution in [2.75, 3.05) is 5.75 Å². The number of benzene rings is 1. The molecule has 0 aliphatic carbocycles. The Balaban J connectivity index is 0.00000220. The predicted octanol–water partition coefficient (Wildman–Crippen LogP) is 2.76. The molecule has 0 aliphatic heterocycles. The van der Waals surface area contributed by atoms with E-state index in [0.717, 1.165) is 28.3 Å². The zero-order valence-corrected chi connectivity index (χ0v) is 13.7. The number of aromatic nitrogens is 2. The summed E-state index contributed by atoms with van der Waals surface area (Å²) < 4.78 is 1.83. The first-order valence-electron chi connectivity index (χ1n) is 6.45. The zero-order valence-electron chi connectivity index (χ0n) is 12.1. The van der Waals surface area contributed by atoms with Crippen LogP contribution in [0.5, 0.6) is 0 Å². The molecular formula is C14H20ClN5S. The maximum atomic E-state index is 5.83. The van der Waals surface area contributed by atoms with Crippen molar-refractivity contribution >= 4 is 35.0 Å². The first-order chi connectivity index (χ1) is 9.63. The Bertz CT molecular complexity index is 624. The topological polar surface area (TPSA) is 82.2 Å². The van der Waals surface area contributed by atoms with E-state index in [1.54, 1.807) is 0 Å². The third kappa shape index (κ3) is 4.49. The molecule has 0 saturated heterocycles. The Morgan fingerprint density at radius 3 is 2.76 bits per heavy atom. The number of aliphatic imine (C=N–C) groups is 1. The molecule has 0 saturated carbocycles. The average Bonchev–Trinajstić information content (AvgIpc) is 2.85. The van der Waals surface area contributed by atoms with Crippen molar-refractivity contribution in [2.45, 2.75) is 20.4 Å². The Morgan fingerprint density at radius 2 is 2.19 bits per heavy atom. The van der Waals surface area contributed by atoms with E-state index in [0.29, 0.717) is 11.7 Å². The Labute approximate surface area is 135 Å². The highest BCUT2D eigenvalue weighted by atomic mass is 35.5. The molecule has 114 valence electrons. The van der Waals surface area contributed by atoms with Crippen LogP contribution in [0.4, 0.5) is 5.69 Å². The molecule has 0 atom stereocenters. The molecule has 1 aromatic carbocycles. The molecule has 0 spiro atoms. The first-order valence-corrected chi connectivity index (χ1v) is 7.44. The van der Waals surface area contributed by atoms with Crippen LogP contribution in [0.1, 0.15) is 18.1 Å². The summed E-state index contributed by atoms with van der Waals surface area (Å²) >= 11 is 1.52. The number of aryl methyl sites for hydroxylation is 1. The summed E-state index contributed by atoms with van der Waals surface area (Å²) in [7, 11) is 0. The number of thioether (sulfide) groups is 1. The van der Waals surface area contributed by atoms with Crippen molar-refractivity contribution < 1.29 is 0 Å². The second-order valence-electron chi connectivity index (χ2n) is 4.36. The SMILES string of the molecule is CCSC(N)=Nc1ccc(-n2cc(C)cn2)c(CN)c1.Cl. The molecule has 0 fully saturated rings. The van der Waals surface area contributed by atoms with E-state index < -0.39 is 0 Å². The van der Waals surface area contributed by atoms with Gasteiger partial charge in [-0.3, -0.25) is 0 Å². The maximum Gasteiger partial charge on any atom is 0.159 e. The number of nitrogens with two attached hydrogens (primary N) is 2. The fraction of sp³-hybridized carbons (Fsp3) is 0.286. The lowest BCUT2D eigenvalue weighted by Gasteiger charge is -2.09. The van der Waals surface area contributed by atoms with Crippen LogP contribution in [-0.4, -0.2) is 20.7 Å². The van der Waals surface area contributed by atoms with Gasteiger partial charge in [-0.15, -0.1) is 12.4 Å². The minimum atomic E-state index is 0. The van der Waals surface area contributed by atoms with E-state index in [1.807, 2.05) is 49.1 Å². The largest absolute Gasteiger partial charge is 0.378 e. The Morgan fingerprint density at radius 1 is 1.43 bits per heavy atom. The van der Waals surface area contributed by atoms with Crippen molar-refractivity contribution in [1.82, 2.24) is 9.78 Å². The molecule has 7 heteroatoms. The summed E-state index contributed by atoms with van der Waals surface area (Å²) in [6.45, 7) is 4.48. The summed E-state index contributed by atoms with van der Waals surface area (Å²) in [6, 6.07) is 5.85. The van der Waals surface area contributed by atoms with Crippen LogP contribution in [0.15, 0.2) is 35.6 Å². The molecule has 1 aromatic heterocycles. The summed E-state index contributed by atoms with van der Waals surface area (Å²) in [5.41, 5.74) is 15.5. The molecule has 0 bridgehead atoms. The number of rotatable bonds is 4. The second-order valence-corrected chi connectivity index (χ2v) is 5.65. The number of halogens is 1. The van der Waals surface area contributed by atoms with Gasteiger partial charge in [0.05, 0.1) is 17.6 Å². The summed E-state index contributed by atoms with van der Waals surface area (Å²) in [4.78, 5) is 4.37. The summed E-state index contributed by atoms with van der Waals surface area (Å²) in [5, 5.41) is 4.88. The van der Waals surface area contributed by atoms with Crippen LogP contribution in [0, 0.1) is 6.92 Å². The van der Waals surface area contributed by atoms with Crippen LogP contribution in [0.3, 0.4) is 0 Å². The van der Waals surface area contributed by atoms with Crippen LogP contribution in [0.2, 0.25) is 0 Å². The smallest absolute Gasteiger partial charge is 0.159 e. The highest BCUT2D eigenvalue weighted by Gasteiger charge is 2.06. The number of nitrogens with zero attached hydrogens (tertiary/aromatic N) is 3. The van der Waals surface area contributed by atoms with Crippen LogP contribution >= 0.6 is 24.2 Å². The van der Waals surface area contributed by atoms with Crippen molar-refractivity contribution in [2.24, 2.45) is 16.5 Å². The predicted molar refractivity (Wildman–Crippen MR) is 92.9 cm³/mol. The van der Waals surface area contributed by atoms with E-state index >= 15 is 0 Å². The first kappa shape index (κ1) is 17.6. The van der Waals surface area contributed by atoms with Gasteiger partial charge in [-0.25, -0.2) is 9.67 Å². The Kier molecular flexibility index (Phi) is 6.74. The van der Waals surface area contributed by atoms with Gasteiger partial charge in [-0.2, -0.15) is 5.10 Å². The highest BCUT2D eigenvalue weighted by Crippen LogP contribution is 2.22. The molecule has 0 aliphatic rings. The summed E-state index contributed by atoms with van der Waals surface area (Å²) in [6.07, 6.45) is 3.79. The second kappa shape index (κ2) is 8.07. The van der Waals surface area contributed by atoms with Crippen molar-refractivity contribution in [3.63, 3.8) is 0 Å². The van der Waals surface area contributed by atoms with E-state index in [2.05, 4.69) is 10.1 Å². The number of amidine groups is 1. The van der Waals surface area contributed by atoms with Gasteiger partial charge in [0, 0.05) is 12.7 Å². The van der Waals surface area contributed by atoms with Gasteiger partial charge in [0.2, 0.25) is 0 Å². The van der Waals surface area contributed by atoms with Gasteiger partial charge in [-0.05, 0) is 42.0 Å². The molecule has 2 aromatic rings. The third-order valence-electron chi connectivity index (χ3n) is 2.77. The third-order valence-corrected chi connectivity index (χ3v) is 3.45. The highest BCUT2D eigenvalue weighted by molar-refractivity contribution is 8.13. The van der Waals surface area contributed by atoms with Gasteiger partial charge < -0.3 is 11.5 Å². The molecule has 1 heterocycles. The molecule has 2 rings (SSSR count). The van der Waals surface area contributed by atoms with Crippen molar-refractivity contribution in [1.29, 1.82) is 0 Å². The average molecular weight is 326 g/mol. The normalized spacial score (nSPS) is 11.3. The minimum Gasteiger partial charge on any atom is -0.378 e. The standard InChI is InChI=1S/C14H19N5S.ClH/c1-3-20-14(16)18-12-4-5-13(11(6-12)7-15)19-9-10(2)8-17-19;/h4-6,8-9H,3,7,15H2,1-2H3,(H2,16,18);1H. The number of hydrogen-bond donors (Lipinski definition) is 2. The van der Waals surface area contributed by atoms with Crippen molar-refractivity contribution in [3.05, 3.63) is 41.7 Å². The lowest BCUT2D eigenvalue weighted by Crippen LogP contribution is -2.07. The van der Waals surface area contributed by atoms with E-state index in [9.17, 15) is 0 Å². The lowest BCUT2D eigenvalue weighted by molar-refractivity contribution is 0.858. The minimum absolute atomic E-state index is 0. The van der Waals surface area contributed by atoms with Crippen molar-refractivity contribution in [3.8, 4) is 5.69 Å². The molecule has 4 N–H and O–H groups in total. The van der Waals surface area contributed by atoms with E-state index in [4.69, 9.17) is 11.5 Å². The molecule has 0 unspecified atom stereocenters. The summed E-state index contributed by atoms with van der Waals surface area (Å²) in [5.74, 6) is 0.906. The van der Waals surface area contributed by atoms with Gasteiger partial charge in [-0.1, -0.05) is 18.7 Å². The van der Waals surface area contributed by atoms with Crippen LogP contribution < -0.4 is 11.5 Å². The maximum absolute atomic E-state index is 5.83.